The average molecular weight is 740 g/mol. The van der Waals surface area contributed by atoms with Crippen LogP contribution in [0, 0.1) is 0 Å². The number of anilines is 2. The lowest BCUT2D eigenvalue weighted by Gasteiger charge is -2.39. The number of benzene rings is 8. The van der Waals surface area contributed by atoms with E-state index in [1.165, 1.54) is 99.7 Å². The maximum Gasteiger partial charge on any atom is 0.0723 e. The third-order valence-electron chi connectivity index (χ3n) is 13.2. The molecule has 4 aliphatic carbocycles. The molecule has 0 heterocycles. The molecule has 0 radical (unpaired) electrons. The largest absolute Gasteiger partial charge is 0.333 e. The van der Waals surface area contributed by atoms with Crippen molar-refractivity contribution >= 4 is 44.1 Å². The number of hydrogen-bond acceptors (Lipinski definition) is 1. The number of nitrogens with zero attached hydrogens (tertiary/aromatic N) is 1. The lowest BCUT2D eigenvalue weighted by molar-refractivity contribution is 0.737. The van der Waals surface area contributed by atoms with E-state index in [9.17, 15) is 0 Å². The van der Waals surface area contributed by atoms with Gasteiger partial charge in [0, 0.05) is 11.1 Å². The van der Waals surface area contributed by atoms with Crippen LogP contribution in [0.3, 0.4) is 0 Å². The maximum absolute atomic E-state index is 2.71. The molecule has 0 amide bonds. The van der Waals surface area contributed by atoms with Gasteiger partial charge in [0.25, 0.3) is 0 Å². The fourth-order valence-corrected chi connectivity index (χ4v) is 10.9. The predicted octanol–water partition coefficient (Wildman–Crippen LogP) is 14.6. The molecule has 8 aromatic rings. The highest BCUT2D eigenvalue weighted by atomic mass is 15.2. The summed E-state index contributed by atoms with van der Waals surface area (Å²) in [4.78, 5) is 2.71. The van der Waals surface area contributed by atoms with Crippen molar-refractivity contribution in [2.45, 2.75) is 30.7 Å². The lowest BCUT2D eigenvalue weighted by Crippen LogP contribution is -2.34. The quantitative estimate of drug-likeness (QED) is 0.170. The number of hydrogen-bond donors (Lipinski definition) is 0. The predicted molar refractivity (Wildman–Crippen MR) is 244 cm³/mol. The van der Waals surface area contributed by atoms with Gasteiger partial charge in [0.1, 0.15) is 0 Å². The van der Waals surface area contributed by atoms with Crippen LogP contribution in [-0.4, -0.2) is 6.04 Å². The molecule has 1 unspecified atom stereocenters. The third kappa shape index (κ3) is 4.71. The van der Waals surface area contributed by atoms with Gasteiger partial charge in [-0.05, 0) is 109 Å². The van der Waals surface area contributed by atoms with Crippen LogP contribution in [0.4, 0.5) is 11.4 Å². The van der Waals surface area contributed by atoms with Crippen LogP contribution in [0.5, 0.6) is 0 Å². The monoisotopic (exact) mass is 739 g/mol. The lowest BCUT2D eigenvalue weighted by atomic mass is 9.69. The second-order valence-electron chi connectivity index (χ2n) is 16.1. The first kappa shape index (κ1) is 33.2. The van der Waals surface area contributed by atoms with Gasteiger partial charge in [0.15, 0.2) is 0 Å². The fourth-order valence-electron chi connectivity index (χ4n) is 10.9. The van der Waals surface area contributed by atoms with E-state index in [2.05, 4.69) is 211 Å². The Hall–Kier alpha value is -6.96. The number of allylic oxidation sites excluding steroid dienone is 6. The molecule has 0 saturated heterocycles. The Kier molecular flexibility index (Phi) is 7.47. The van der Waals surface area contributed by atoms with Crippen LogP contribution in [-0.2, 0) is 5.41 Å². The Morgan fingerprint density at radius 2 is 1.02 bits per heavy atom. The van der Waals surface area contributed by atoms with Gasteiger partial charge < -0.3 is 4.90 Å². The molecule has 1 nitrogen and oxygen atoms in total. The van der Waals surface area contributed by atoms with E-state index in [0.717, 1.165) is 19.3 Å². The van der Waals surface area contributed by atoms with Gasteiger partial charge in [-0.2, -0.15) is 0 Å². The molecule has 0 N–H and O–H groups in total. The van der Waals surface area contributed by atoms with E-state index in [4.69, 9.17) is 0 Å². The fraction of sp³-hybridized carbons (Fsp3) is 0.0877. The first-order chi connectivity index (χ1) is 28.8. The molecule has 1 spiro atoms. The number of rotatable bonds is 5. The van der Waals surface area contributed by atoms with Gasteiger partial charge in [0.2, 0.25) is 0 Å². The Balaban J connectivity index is 1.18. The molecule has 0 saturated carbocycles. The van der Waals surface area contributed by atoms with Crippen molar-refractivity contribution in [3.05, 3.63) is 240 Å². The third-order valence-corrected chi connectivity index (χ3v) is 13.2. The molecule has 12 rings (SSSR count). The topological polar surface area (TPSA) is 3.24 Å². The zero-order valence-electron chi connectivity index (χ0n) is 32.3. The van der Waals surface area contributed by atoms with Gasteiger partial charge in [-0.3, -0.25) is 0 Å². The summed E-state index contributed by atoms with van der Waals surface area (Å²) in [5.74, 6) is 0. The van der Waals surface area contributed by atoms with Crippen LogP contribution < -0.4 is 4.90 Å². The van der Waals surface area contributed by atoms with Gasteiger partial charge in [-0.1, -0.05) is 194 Å². The first-order valence-corrected chi connectivity index (χ1v) is 20.8. The Labute approximate surface area is 340 Å². The van der Waals surface area contributed by atoms with Gasteiger partial charge in [-0.15, -0.1) is 0 Å². The Bertz CT molecular complexity index is 3050. The van der Waals surface area contributed by atoms with Crippen LogP contribution in [0.1, 0.15) is 47.1 Å². The summed E-state index contributed by atoms with van der Waals surface area (Å²) in [5.41, 5.74) is 18.1. The molecule has 0 aromatic heterocycles. The van der Waals surface area contributed by atoms with E-state index in [1.54, 1.807) is 0 Å². The van der Waals surface area contributed by atoms with Crippen LogP contribution in [0.2, 0.25) is 0 Å². The highest BCUT2D eigenvalue weighted by Crippen LogP contribution is 2.64. The van der Waals surface area contributed by atoms with Gasteiger partial charge in [-0.25, -0.2) is 0 Å². The van der Waals surface area contributed by atoms with E-state index < -0.39 is 5.41 Å². The van der Waals surface area contributed by atoms with E-state index in [-0.39, 0.29) is 6.04 Å². The molecule has 8 aromatic carbocycles. The van der Waals surface area contributed by atoms with Crippen molar-refractivity contribution in [1.82, 2.24) is 0 Å². The van der Waals surface area contributed by atoms with Crippen molar-refractivity contribution in [1.29, 1.82) is 0 Å². The zero-order chi connectivity index (χ0) is 38.2. The normalized spacial score (nSPS) is 17.0. The van der Waals surface area contributed by atoms with Gasteiger partial charge >= 0.3 is 0 Å². The smallest absolute Gasteiger partial charge is 0.0723 e. The van der Waals surface area contributed by atoms with Gasteiger partial charge in [0.05, 0.1) is 22.8 Å². The minimum atomic E-state index is -0.410. The molecule has 1 atom stereocenters. The highest BCUT2D eigenvalue weighted by molar-refractivity contribution is 6.08. The molecule has 4 aliphatic rings. The summed E-state index contributed by atoms with van der Waals surface area (Å²) in [6.45, 7) is 0. The summed E-state index contributed by atoms with van der Waals surface area (Å²) >= 11 is 0. The van der Waals surface area contributed by atoms with Crippen molar-refractivity contribution < 1.29 is 0 Å². The van der Waals surface area contributed by atoms with Crippen molar-refractivity contribution in [2.24, 2.45) is 0 Å². The number of fused-ring (bicyclic) bond motifs is 12. The van der Waals surface area contributed by atoms with E-state index >= 15 is 0 Å². The molecule has 1 heteroatoms. The Morgan fingerprint density at radius 3 is 1.67 bits per heavy atom. The van der Waals surface area contributed by atoms with E-state index in [0.29, 0.717) is 0 Å². The second-order valence-corrected chi connectivity index (χ2v) is 16.1. The van der Waals surface area contributed by atoms with Crippen LogP contribution >= 0.6 is 0 Å². The Morgan fingerprint density at radius 1 is 0.466 bits per heavy atom. The van der Waals surface area contributed by atoms with Crippen molar-refractivity contribution in [3.8, 4) is 22.3 Å². The minimum Gasteiger partial charge on any atom is -0.333 e. The molecular formula is C57H41N. The minimum absolute atomic E-state index is 0.0153. The summed E-state index contributed by atoms with van der Waals surface area (Å²) in [6.07, 6.45) is 15.4. The average Bonchev–Trinajstić information content (AvgIpc) is 3.76. The van der Waals surface area contributed by atoms with E-state index in [1.807, 2.05) is 0 Å². The molecule has 274 valence electrons. The summed E-state index contributed by atoms with van der Waals surface area (Å²) in [6, 6.07) is 65.9. The first-order valence-electron chi connectivity index (χ1n) is 20.8. The second kappa shape index (κ2) is 13.0. The molecule has 0 fully saturated rings. The standard InChI is InChI=1S/C57H41N/c1-3-19-40(20-4-1)55-43-23-9-7-17-38(43)31-35-53(55)58(54-36-32-39-18-8-10-24-44(39)56(54)41-21-5-2-6-22-41)42-33-34-48-47-27-13-16-30-51(47)57(52(48)37-42)49-28-14-11-25-45(49)46-26-12-15-29-50(46)57/h1,3-5,7-32,34-37,42H,2,6,33H2. The van der Waals surface area contributed by atoms with Crippen LogP contribution in [0.15, 0.2) is 212 Å². The molecule has 58 heavy (non-hydrogen) atoms. The SMILES string of the molecule is C1=CC(c2c(N(c3ccc4ccccc4c3-c3ccccc3)C3C=C4C(=CC3)c3ccccc3C43c4ccccc4-c4ccccc43)ccc3ccccc23)=CCC1. The summed E-state index contributed by atoms with van der Waals surface area (Å²) < 4.78 is 0. The maximum atomic E-state index is 2.71. The van der Waals surface area contributed by atoms with Crippen LogP contribution in [0.25, 0.3) is 54.9 Å². The zero-order valence-corrected chi connectivity index (χ0v) is 32.3. The molecule has 0 bridgehead atoms. The molecule has 0 aliphatic heterocycles. The molecular weight excluding hydrogens is 699 g/mol. The summed E-state index contributed by atoms with van der Waals surface area (Å²) in [5, 5.41) is 5.05. The van der Waals surface area contributed by atoms with Crippen molar-refractivity contribution in [2.75, 3.05) is 4.90 Å². The summed E-state index contributed by atoms with van der Waals surface area (Å²) in [7, 11) is 0. The highest BCUT2D eigenvalue weighted by Gasteiger charge is 2.54. The van der Waals surface area contributed by atoms with Crippen molar-refractivity contribution in [3.63, 3.8) is 0 Å².